The number of aryl methyl sites for hydroxylation is 1. The van der Waals surface area contributed by atoms with Gasteiger partial charge in [-0.3, -0.25) is 4.68 Å². The van der Waals surface area contributed by atoms with Crippen molar-refractivity contribution in [1.82, 2.24) is 19.7 Å². The Bertz CT molecular complexity index is 567. The first kappa shape index (κ1) is 11.2. The zero-order chi connectivity index (χ0) is 12.4. The third-order valence-electron chi connectivity index (χ3n) is 2.07. The van der Waals surface area contributed by atoms with E-state index in [1.807, 2.05) is 0 Å². The molecule has 0 aliphatic rings. The number of carbonyl (C=O) groups excluding carboxylic acids is 1. The number of rotatable bonds is 2. The Hall–Kier alpha value is -2.31. The fourth-order valence-corrected chi connectivity index (χ4v) is 1.28. The van der Waals surface area contributed by atoms with E-state index in [0.717, 1.165) is 6.20 Å². The molecule has 0 saturated carbocycles. The van der Waals surface area contributed by atoms with Gasteiger partial charge in [-0.2, -0.15) is 5.10 Å². The van der Waals surface area contributed by atoms with Crippen LogP contribution in [0.15, 0.2) is 18.5 Å². The van der Waals surface area contributed by atoms with Crippen molar-refractivity contribution in [2.75, 3.05) is 7.11 Å². The van der Waals surface area contributed by atoms with Gasteiger partial charge >= 0.3 is 5.97 Å². The van der Waals surface area contributed by atoms with Crippen molar-refractivity contribution in [3.05, 3.63) is 30.1 Å². The van der Waals surface area contributed by atoms with Gasteiger partial charge in [-0.15, -0.1) is 0 Å². The summed E-state index contributed by atoms with van der Waals surface area (Å²) < 4.78 is 19.5. The van der Waals surface area contributed by atoms with Gasteiger partial charge in [0.05, 0.1) is 13.3 Å². The predicted octanol–water partition coefficient (Wildman–Crippen LogP) is 0.803. The maximum absolute atomic E-state index is 13.5. The second kappa shape index (κ2) is 4.28. The van der Waals surface area contributed by atoms with Crippen molar-refractivity contribution in [3.63, 3.8) is 0 Å². The predicted molar refractivity (Wildman–Crippen MR) is 55.5 cm³/mol. The molecule has 0 fully saturated rings. The summed E-state index contributed by atoms with van der Waals surface area (Å²) in [5.74, 6) is -1.56. The van der Waals surface area contributed by atoms with E-state index in [4.69, 9.17) is 0 Å². The quantitative estimate of drug-likeness (QED) is 0.721. The minimum absolute atomic E-state index is 0.0269. The van der Waals surface area contributed by atoms with Gasteiger partial charge in [0, 0.05) is 13.2 Å². The summed E-state index contributed by atoms with van der Waals surface area (Å²) in [6, 6.07) is 1.59. The summed E-state index contributed by atoms with van der Waals surface area (Å²) in [5, 5.41) is 4.00. The molecule has 88 valence electrons. The van der Waals surface area contributed by atoms with E-state index < -0.39 is 11.8 Å². The second-order valence-electron chi connectivity index (χ2n) is 3.26. The Labute approximate surface area is 96.1 Å². The fraction of sp³-hybridized carbons (Fsp3) is 0.200. The lowest BCUT2D eigenvalue weighted by molar-refractivity contribution is 0.0586. The van der Waals surface area contributed by atoms with Crippen LogP contribution in [0, 0.1) is 5.82 Å². The highest BCUT2D eigenvalue weighted by Gasteiger charge is 2.16. The van der Waals surface area contributed by atoms with Gasteiger partial charge in [0.25, 0.3) is 0 Å². The van der Waals surface area contributed by atoms with Gasteiger partial charge in [-0.1, -0.05) is 0 Å². The number of nitrogens with zero attached hydrogens (tertiary/aromatic N) is 4. The van der Waals surface area contributed by atoms with E-state index in [1.165, 1.54) is 11.8 Å². The van der Waals surface area contributed by atoms with E-state index >= 15 is 0 Å². The summed E-state index contributed by atoms with van der Waals surface area (Å²) in [5.41, 5.74) is 0.304. The summed E-state index contributed by atoms with van der Waals surface area (Å²) in [7, 11) is 2.90. The lowest BCUT2D eigenvalue weighted by Gasteiger charge is -2.01. The molecule has 2 aromatic rings. The first-order valence-electron chi connectivity index (χ1n) is 4.72. The number of hydrogen-bond donors (Lipinski definition) is 0. The van der Waals surface area contributed by atoms with Crippen LogP contribution in [0.3, 0.4) is 0 Å². The van der Waals surface area contributed by atoms with Crippen LogP contribution in [0.5, 0.6) is 0 Å². The van der Waals surface area contributed by atoms with Crippen molar-refractivity contribution in [1.29, 1.82) is 0 Å². The van der Waals surface area contributed by atoms with Crippen LogP contribution in [-0.4, -0.2) is 32.8 Å². The molecule has 0 aliphatic carbocycles. The molecule has 2 heterocycles. The van der Waals surface area contributed by atoms with Gasteiger partial charge < -0.3 is 4.74 Å². The highest BCUT2D eigenvalue weighted by molar-refractivity contribution is 5.85. The molecule has 0 unspecified atom stereocenters. The monoisotopic (exact) mass is 236 g/mol. The van der Waals surface area contributed by atoms with Crippen LogP contribution in [0.1, 0.15) is 10.6 Å². The molecular weight excluding hydrogens is 227 g/mol. The largest absolute Gasteiger partial charge is 0.463 e. The molecule has 0 saturated heterocycles. The number of methoxy groups -OCH3 is 1. The molecular formula is C10H9FN4O2. The van der Waals surface area contributed by atoms with Crippen LogP contribution in [0.25, 0.3) is 11.4 Å². The highest BCUT2D eigenvalue weighted by atomic mass is 19.1. The smallest absolute Gasteiger partial charge is 0.376 e. The van der Waals surface area contributed by atoms with Gasteiger partial charge in [-0.05, 0) is 6.07 Å². The van der Waals surface area contributed by atoms with Crippen LogP contribution in [0.4, 0.5) is 4.39 Å². The Kier molecular flexibility index (Phi) is 2.82. The minimum Gasteiger partial charge on any atom is -0.463 e. The molecule has 6 nitrogen and oxygen atoms in total. The molecule has 0 amide bonds. The van der Waals surface area contributed by atoms with E-state index in [-0.39, 0.29) is 11.5 Å². The Morgan fingerprint density at radius 2 is 2.29 bits per heavy atom. The normalized spacial score (nSPS) is 10.3. The van der Waals surface area contributed by atoms with Crippen molar-refractivity contribution in [2.24, 2.45) is 7.05 Å². The number of hydrogen-bond acceptors (Lipinski definition) is 5. The van der Waals surface area contributed by atoms with Crippen molar-refractivity contribution in [3.8, 4) is 11.4 Å². The van der Waals surface area contributed by atoms with Gasteiger partial charge in [0.1, 0.15) is 11.4 Å². The third-order valence-corrected chi connectivity index (χ3v) is 2.07. The zero-order valence-corrected chi connectivity index (χ0v) is 9.22. The third kappa shape index (κ3) is 2.12. The molecule has 17 heavy (non-hydrogen) atoms. The minimum atomic E-state index is -0.720. The van der Waals surface area contributed by atoms with Crippen LogP contribution in [0.2, 0.25) is 0 Å². The van der Waals surface area contributed by atoms with Gasteiger partial charge in [-0.25, -0.2) is 19.2 Å². The maximum Gasteiger partial charge on any atom is 0.376 e. The average molecular weight is 236 g/mol. The molecule has 0 spiro atoms. The number of halogens is 1. The molecule has 7 heteroatoms. The average Bonchev–Trinajstić information content (AvgIpc) is 2.75. The summed E-state index contributed by atoms with van der Waals surface area (Å²) in [6.45, 7) is 0. The maximum atomic E-state index is 13.5. The Morgan fingerprint density at radius 1 is 1.53 bits per heavy atom. The fourth-order valence-electron chi connectivity index (χ4n) is 1.28. The van der Waals surface area contributed by atoms with E-state index in [1.54, 1.807) is 19.3 Å². The lowest BCUT2D eigenvalue weighted by atomic mass is 10.3. The summed E-state index contributed by atoms with van der Waals surface area (Å²) in [4.78, 5) is 18.6. The Balaban J connectivity index is 2.49. The molecule has 2 rings (SSSR count). The SMILES string of the molecule is COC(=O)c1ncc(F)c(-c2ccn(C)n2)n1. The zero-order valence-electron chi connectivity index (χ0n) is 9.22. The second-order valence-corrected chi connectivity index (χ2v) is 3.26. The highest BCUT2D eigenvalue weighted by Crippen LogP contribution is 2.17. The van der Waals surface area contributed by atoms with Crippen LogP contribution < -0.4 is 0 Å². The lowest BCUT2D eigenvalue weighted by Crippen LogP contribution is -2.09. The van der Waals surface area contributed by atoms with Gasteiger partial charge in [0.2, 0.25) is 5.82 Å². The molecule has 0 N–H and O–H groups in total. The molecule has 2 aromatic heterocycles. The number of esters is 1. The van der Waals surface area contributed by atoms with Crippen LogP contribution >= 0.6 is 0 Å². The molecule has 0 bridgehead atoms. The van der Waals surface area contributed by atoms with Crippen LogP contribution in [-0.2, 0) is 11.8 Å². The van der Waals surface area contributed by atoms with E-state index in [0.29, 0.717) is 5.69 Å². The Morgan fingerprint density at radius 3 is 2.88 bits per heavy atom. The van der Waals surface area contributed by atoms with E-state index in [2.05, 4.69) is 19.8 Å². The molecule has 0 aliphatic heterocycles. The molecule has 0 aromatic carbocycles. The summed E-state index contributed by atoms with van der Waals surface area (Å²) in [6.07, 6.45) is 2.57. The van der Waals surface area contributed by atoms with Gasteiger partial charge in [0.15, 0.2) is 5.82 Å². The first-order chi connectivity index (χ1) is 8.11. The number of aromatic nitrogens is 4. The standard InChI is InChI=1S/C10H9FN4O2/c1-15-4-3-7(14-15)8-6(11)5-12-9(13-8)10(16)17-2/h3-5H,1-2H3. The molecule has 0 atom stereocenters. The number of ether oxygens (including phenoxy) is 1. The first-order valence-corrected chi connectivity index (χ1v) is 4.72. The van der Waals surface area contributed by atoms with Crippen molar-refractivity contribution in [2.45, 2.75) is 0 Å². The van der Waals surface area contributed by atoms with E-state index in [9.17, 15) is 9.18 Å². The van der Waals surface area contributed by atoms with Crippen molar-refractivity contribution >= 4 is 5.97 Å². The number of carbonyl (C=O) groups is 1. The topological polar surface area (TPSA) is 69.9 Å². The summed E-state index contributed by atoms with van der Waals surface area (Å²) >= 11 is 0. The molecule has 0 radical (unpaired) electrons. The van der Waals surface area contributed by atoms with Crippen molar-refractivity contribution < 1.29 is 13.9 Å².